The monoisotopic (exact) mass is 447 g/mol. The van der Waals surface area contributed by atoms with Crippen LogP contribution in [0.4, 0.5) is 23.2 Å². The number of anilines is 1. The minimum absolute atomic E-state index is 0.119. The Balaban J connectivity index is 1.66. The predicted molar refractivity (Wildman–Crippen MR) is 106 cm³/mol. The van der Waals surface area contributed by atoms with E-state index in [9.17, 15) is 27.2 Å². The summed E-state index contributed by atoms with van der Waals surface area (Å²) < 4.78 is 55.2. The van der Waals surface area contributed by atoms with E-state index >= 15 is 0 Å². The molecule has 1 heterocycles. The number of amides is 2. The topological polar surface area (TPSA) is 88.9 Å². The molecule has 0 spiro atoms. The molecule has 0 saturated heterocycles. The average Bonchev–Trinajstić information content (AvgIpc) is 3.41. The summed E-state index contributed by atoms with van der Waals surface area (Å²) in [4.78, 5) is 25.0. The van der Waals surface area contributed by atoms with E-state index < -0.39 is 29.3 Å². The van der Waals surface area contributed by atoms with Gasteiger partial charge in [0.15, 0.2) is 11.4 Å². The average molecular weight is 447 g/mol. The lowest BCUT2D eigenvalue weighted by Crippen LogP contribution is -2.25. The van der Waals surface area contributed by atoms with Crippen molar-refractivity contribution in [2.24, 2.45) is 0 Å². The Hall–Kier alpha value is -3.76. The first kappa shape index (κ1) is 21.5. The second kappa shape index (κ2) is 8.06. The second-order valence-electron chi connectivity index (χ2n) is 7.41. The van der Waals surface area contributed by atoms with Gasteiger partial charge in [-0.2, -0.15) is 13.2 Å². The molecule has 2 aromatic carbocycles. The van der Waals surface area contributed by atoms with Gasteiger partial charge in [0.2, 0.25) is 0 Å². The smallest absolute Gasteiger partial charge is 0.349 e. The first-order valence-electron chi connectivity index (χ1n) is 9.65. The molecule has 166 valence electrons. The minimum Gasteiger partial charge on any atom is -0.349 e. The van der Waals surface area contributed by atoms with E-state index in [1.54, 1.807) is 19.1 Å². The number of aromatic nitrogens is 3. The van der Waals surface area contributed by atoms with Gasteiger partial charge in [0, 0.05) is 17.3 Å². The van der Waals surface area contributed by atoms with Gasteiger partial charge in [-0.15, -0.1) is 5.10 Å². The van der Waals surface area contributed by atoms with Crippen LogP contribution in [0.25, 0.3) is 5.69 Å². The van der Waals surface area contributed by atoms with Gasteiger partial charge < -0.3 is 10.6 Å². The number of halogens is 4. The molecule has 1 aliphatic carbocycles. The molecule has 32 heavy (non-hydrogen) atoms. The third kappa shape index (κ3) is 4.46. The number of carbonyl (C=O) groups excluding carboxylic acids is 2. The molecule has 2 amide bonds. The molecule has 7 nitrogen and oxygen atoms in total. The van der Waals surface area contributed by atoms with Crippen LogP contribution in [-0.2, 0) is 6.18 Å². The first-order chi connectivity index (χ1) is 15.1. The largest absolute Gasteiger partial charge is 0.435 e. The maximum atomic E-state index is 13.8. The van der Waals surface area contributed by atoms with Gasteiger partial charge in [-0.05, 0) is 55.7 Å². The third-order valence-electron chi connectivity index (χ3n) is 4.87. The Morgan fingerprint density at radius 1 is 1.09 bits per heavy atom. The number of rotatable bonds is 5. The number of nitrogens with one attached hydrogen (secondary N) is 2. The van der Waals surface area contributed by atoms with Crippen molar-refractivity contribution in [2.75, 3.05) is 5.32 Å². The van der Waals surface area contributed by atoms with Gasteiger partial charge in [0.1, 0.15) is 5.82 Å². The van der Waals surface area contributed by atoms with Crippen LogP contribution in [0.1, 0.15) is 44.9 Å². The summed E-state index contributed by atoms with van der Waals surface area (Å²) in [5.74, 6) is -2.27. The molecular formula is C21H17F4N5O2. The van der Waals surface area contributed by atoms with E-state index in [-0.39, 0.29) is 28.9 Å². The summed E-state index contributed by atoms with van der Waals surface area (Å²) in [5, 5.41) is 12.0. The van der Waals surface area contributed by atoms with Crippen LogP contribution >= 0.6 is 0 Å². The molecule has 2 N–H and O–H groups in total. The lowest BCUT2D eigenvalue weighted by Gasteiger charge is -2.13. The highest BCUT2D eigenvalue weighted by Gasteiger charge is 2.42. The zero-order valence-electron chi connectivity index (χ0n) is 16.7. The number of aryl methyl sites for hydroxylation is 1. The van der Waals surface area contributed by atoms with Crippen molar-refractivity contribution in [3.8, 4) is 5.69 Å². The van der Waals surface area contributed by atoms with Gasteiger partial charge in [-0.1, -0.05) is 17.3 Å². The van der Waals surface area contributed by atoms with Crippen LogP contribution in [-0.4, -0.2) is 32.9 Å². The molecule has 4 rings (SSSR count). The number of hydrogen-bond acceptors (Lipinski definition) is 4. The Bertz CT molecular complexity index is 1200. The van der Waals surface area contributed by atoms with Crippen LogP contribution < -0.4 is 10.6 Å². The zero-order valence-corrected chi connectivity index (χ0v) is 16.7. The van der Waals surface area contributed by atoms with Crippen LogP contribution in [0.2, 0.25) is 0 Å². The Morgan fingerprint density at radius 2 is 1.84 bits per heavy atom. The molecule has 1 saturated carbocycles. The van der Waals surface area contributed by atoms with Crippen LogP contribution in [0, 0.1) is 12.7 Å². The number of alkyl halides is 3. The fourth-order valence-corrected chi connectivity index (χ4v) is 3.05. The van der Waals surface area contributed by atoms with E-state index in [2.05, 4.69) is 20.9 Å². The van der Waals surface area contributed by atoms with E-state index in [4.69, 9.17) is 0 Å². The molecule has 1 fully saturated rings. The van der Waals surface area contributed by atoms with E-state index in [1.165, 1.54) is 18.2 Å². The van der Waals surface area contributed by atoms with Crippen molar-refractivity contribution in [2.45, 2.75) is 32.0 Å². The van der Waals surface area contributed by atoms with Crippen molar-refractivity contribution < 1.29 is 27.2 Å². The molecule has 0 radical (unpaired) electrons. The van der Waals surface area contributed by atoms with Crippen LogP contribution in [0.3, 0.4) is 0 Å². The van der Waals surface area contributed by atoms with Gasteiger partial charge >= 0.3 is 6.18 Å². The highest BCUT2D eigenvalue weighted by atomic mass is 19.4. The van der Waals surface area contributed by atoms with Gasteiger partial charge in [0.05, 0.1) is 5.69 Å². The zero-order chi connectivity index (χ0) is 23.0. The van der Waals surface area contributed by atoms with Crippen LogP contribution in [0.15, 0.2) is 42.5 Å². The molecule has 1 aliphatic rings. The maximum Gasteiger partial charge on any atom is 0.435 e. The molecule has 3 aromatic rings. The Morgan fingerprint density at radius 3 is 2.50 bits per heavy atom. The standard InChI is InChI=1S/C21H17F4N5O2/c1-11-5-6-12(19(31)26-14-7-8-14)9-16(11)27-20(32)17-18(21(23,24)25)30(29-28-17)15-4-2-3-13(22)10-15/h2-6,9-10,14H,7-8H2,1H3,(H,26,31)(H,27,32). The predicted octanol–water partition coefficient (Wildman–Crippen LogP) is 3.88. The first-order valence-corrected chi connectivity index (χ1v) is 9.65. The summed E-state index contributed by atoms with van der Waals surface area (Å²) in [5.41, 5.74) is -1.70. The fraction of sp³-hybridized carbons (Fsp3) is 0.238. The maximum absolute atomic E-state index is 13.8. The second-order valence-corrected chi connectivity index (χ2v) is 7.41. The summed E-state index contributed by atoms with van der Waals surface area (Å²) in [6.07, 6.45) is -3.21. The highest BCUT2D eigenvalue weighted by Crippen LogP contribution is 2.33. The quantitative estimate of drug-likeness (QED) is 0.581. The molecule has 0 bridgehead atoms. The fourth-order valence-electron chi connectivity index (χ4n) is 3.05. The van der Waals surface area contributed by atoms with Crippen LogP contribution in [0.5, 0.6) is 0 Å². The molecule has 1 aromatic heterocycles. The lowest BCUT2D eigenvalue weighted by molar-refractivity contribution is -0.143. The molecule has 0 aliphatic heterocycles. The normalized spacial score (nSPS) is 13.7. The molecule has 0 atom stereocenters. The number of hydrogen-bond donors (Lipinski definition) is 2. The summed E-state index contributed by atoms with van der Waals surface area (Å²) >= 11 is 0. The Kier molecular flexibility index (Phi) is 5.41. The van der Waals surface area contributed by atoms with Crippen molar-refractivity contribution >= 4 is 17.5 Å². The van der Waals surface area contributed by atoms with Crippen molar-refractivity contribution in [3.05, 3.63) is 70.8 Å². The van der Waals surface area contributed by atoms with Crippen molar-refractivity contribution in [1.29, 1.82) is 0 Å². The molecule has 11 heteroatoms. The minimum atomic E-state index is -5.00. The van der Waals surface area contributed by atoms with Gasteiger partial charge in [-0.25, -0.2) is 9.07 Å². The lowest BCUT2D eigenvalue weighted by atomic mass is 10.1. The highest BCUT2D eigenvalue weighted by molar-refractivity contribution is 6.05. The number of nitrogens with zero attached hydrogens (tertiary/aromatic N) is 3. The molecule has 0 unspecified atom stereocenters. The third-order valence-corrected chi connectivity index (χ3v) is 4.87. The van der Waals surface area contributed by atoms with Crippen molar-refractivity contribution in [1.82, 2.24) is 20.3 Å². The number of carbonyl (C=O) groups is 2. The van der Waals surface area contributed by atoms with Gasteiger partial charge in [-0.3, -0.25) is 9.59 Å². The summed E-state index contributed by atoms with van der Waals surface area (Å²) in [6.45, 7) is 1.63. The van der Waals surface area contributed by atoms with Gasteiger partial charge in [0.25, 0.3) is 11.8 Å². The summed E-state index contributed by atoms with van der Waals surface area (Å²) in [6, 6.07) is 8.97. The van der Waals surface area contributed by atoms with Crippen molar-refractivity contribution in [3.63, 3.8) is 0 Å². The van der Waals surface area contributed by atoms with E-state index in [1.807, 2.05) is 0 Å². The molecular weight excluding hydrogens is 430 g/mol. The number of benzene rings is 2. The summed E-state index contributed by atoms with van der Waals surface area (Å²) in [7, 11) is 0. The Labute approximate surface area is 179 Å². The van der Waals surface area contributed by atoms with E-state index in [0.717, 1.165) is 25.0 Å². The van der Waals surface area contributed by atoms with E-state index in [0.29, 0.717) is 10.2 Å². The SMILES string of the molecule is Cc1ccc(C(=O)NC2CC2)cc1NC(=O)c1nnn(-c2cccc(F)c2)c1C(F)(F)F.